The van der Waals surface area contributed by atoms with Gasteiger partial charge in [0.2, 0.25) is 5.91 Å². The van der Waals surface area contributed by atoms with E-state index in [2.05, 4.69) is 29.4 Å². The Labute approximate surface area is 245 Å². The van der Waals surface area contributed by atoms with E-state index in [4.69, 9.17) is 14.2 Å². The van der Waals surface area contributed by atoms with Crippen molar-refractivity contribution in [3.63, 3.8) is 0 Å². The summed E-state index contributed by atoms with van der Waals surface area (Å²) in [7, 11) is 1.43. The first-order valence-corrected chi connectivity index (χ1v) is 14.9. The molecule has 0 aliphatic heterocycles. The Balaban J connectivity index is 1.83. The molecule has 1 fully saturated rings. The van der Waals surface area contributed by atoms with Gasteiger partial charge in [-0.25, -0.2) is 9.59 Å². The Morgan fingerprint density at radius 2 is 1.76 bits per heavy atom. The van der Waals surface area contributed by atoms with Gasteiger partial charge in [-0.3, -0.25) is 14.4 Å². The minimum atomic E-state index is -0.810. The van der Waals surface area contributed by atoms with Crippen LogP contribution >= 0.6 is 11.8 Å². The average molecular weight is 595 g/mol. The predicted octanol–water partition coefficient (Wildman–Crippen LogP) is 2.41. The molecule has 0 heterocycles. The van der Waals surface area contributed by atoms with Crippen LogP contribution in [0.1, 0.15) is 45.3 Å². The molecular weight excluding hydrogens is 552 g/mol. The number of Topliss-reactive ketones (excluding diaryl/α,β-unsaturated/α-hetero) is 2. The van der Waals surface area contributed by atoms with Gasteiger partial charge in [-0.1, -0.05) is 26.0 Å². The van der Waals surface area contributed by atoms with E-state index in [9.17, 15) is 24.0 Å². The summed E-state index contributed by atoms with van der Waals surface area (Å²) in [5, 5.41) is 4.77. The summed E-state index contributed by atoms with van der Waals surface area (Å²) < 4.78 is 16.4. The Morgan fingerprint density at radius 3 is 2.34 bits per heavy atom. The molecule has 0 saturated heterocycles. The molecule has 1 aromatic rings. The molecule has 2 rings (SSSR count). The van der Waals surface area contributed by atoms with Gasteiger partial charge in [0.05, 0.1) is 18.3 Å². The summed E-state index contributed by atoms with van der Waals surface area (Å²) in [6.45, 7) is 9.70. The number of hydrogen-bond acceptors (Lipinski definition) is 10. The first-order valence-electron chi connectivity index (χ1n) is 13.9. The third kappa shape index (κ3) is 12.1. The number of nitrogens with zero attached hydrogens (tertiary/aromatic N) is 2. The van der Waals surface area contributed by atoms with Gasteiger partial charge < -0.3 is 34.6 Å². The van der Waals surface area contributed by atoms with E-state index in [0.717, 1.165) is 19.6 Å². The van der Waals surface area contributed by atoms with Crippen LogP contribution in [0.2, 0.25) is 0 Å². The Bertz CT molecular complexity index is 1020. The monoisotopic (exact) mass is 594 g/mol. The predicted molar refractivity (Wildman–Crippen MR) is 155 cm³/mol. The molecule has 12 nitrogen and oxygen atoms in total. The highest BCUT2D eigenvalue weighted by Crippen LogP contribution is 2.24. The van der Waals surface area contributed by atoms with Gasteiger partial charge in [0.15, 0.2) is 11.9 Å². The van der Waals surface area contributed by atoms with Crippen molar-refractivity contribution in [3.05, 3.63) is 29.8 Å². The lowest BCUT2D eigenvalue weighted by Gasteiger charge is -2.25. The molecule has 1 aromatic carbocycles. The fourth-order valence-electron chi connectivity index (χ4n) is 4.04. The number of alkyl carbamates (subject to hydrolysis) is 1. The second-order valence-electron chi connectivity index (χ2n) is 9.30. The lowest BCUT2D eigenvalue weighted by atomic mass is 10.1. The quantitative estimate of drug-likeness (QED) is 0.204. The summed E-state index contributed by atoms with van der Waals surface area (Å²) in [6.07, 6.45) is -1.66. The van der Waals surface area contributed by atoms with Crippen molar-refractivity contribution in [2.75, 3.05) is 65.3 Å². The lowest BCUT2D eigenvalue weighted by Crippen LogP contribution is -2.40. The Hall–Kier alpha value is -3.16. The van der Waals surface area contributed by atoms with Crippen LogP contribution in [0.3, 0.4) is 0 Å². The number of thioether (sulfide) groups is 1. The van der Waals surface area contributed by atoms with Crippen LogP contribution < -0.4 is 15.4 Å². The third-order valence-corrected chi connectivity index (χ3v) is 7.79. The zero-order chi connectivity index (χ0) is 30.2. The standard InChI is InChI=1S/C28H42N4O8S/c1-5-31(6-2)13-14-32(7-3)28(37)39-22-10-8-20(9-11-22)24(40-27(36)29-4)18-38-19-26(35)30-12-15-41-25-17-21(33)16-23(25)34/h8-11,24-25H,5-7,12-19H2,1-4H3,(H,29,36)(H,30,35). The molecule has 2 unspecified atom stereocenters. The molecule has 41 heavy (non-hydrogen) atoms. The molecule has 0 radical (unpaired) electrons. The van der Waals surface area contributed by atoms with Crippen molar-refractivity contribution in [3.8, 4) is 5.75 Å². The van der Waals surface area contributed by atoms with Gasteiger partial charge >= 0.3 is 12.2 Å². The van der Waals surface area contributed by atoms with Crippen LogP contribution in [0.15, 0.2) is 24.3 Å². The Kier molecular flexibility index (Phi) is 15.2. The fraction of sp³-hybridized carbons (Fsp3) is 0.607. The average Bonchev–Trinajstić information content (AvgIpc) is 3.29. The molecule has 13 heteroatoms. The van der Waals surface area contributed by atoms with Crippen molar-refractivity contribution < 1.29 is 38.2 Å². The van der Waals surface area contributed by atoms with Gasteiger partial charge in [0.1, 0.15) is 18.1 Å². The topological polar surface area (TPSA) is 144 Å². The van der Waals surface area contributed by atoms with Crippen molar-refractivity contribution in [1.82, 2.24) is 20.4 Å². The molecule has 228 valence electrons. The van der Waals surface area contributed by atoms with Crippen molar-refractivity contribution in [2.45, 2.75) is 45.0 Å². The molecule has 1 saturated carbocycles. The highest BCUT2D eigenvalue weighted by atomic mass is 32.2. The van der Waals surface area contributed by atoms with E-state index < -0.39 is 18.3 Å². The van der Waals surface area contributed by atoms with Crippen LogP contribution in [0.5, 0.6) is 5.75 Å². The smallest absolute Gasteiger partial charge is 0.415 e. The van der Waals surface area contributed by atoms with E-state index in [1.165, 1.54) is 18.8 Å². The summed E-state index contributed by atoms with van der Waals surface area (Å²) in [5.41, 5.74) is 0.592. The number of ether oxygens (including phenoxy) is 3. The number of benzene rings is 1. The van der Waals surface area contributed by atoms with Crippen molar-refractivity contribution >= 4 is 41.4 Å². The Morgan fingerprint density at radius 1 is 1.05 bits per heavy atom. The van der Waals surface area contributed by atoms with Crippen molar-refractivity contribution in [1.29, 1.82) is 0 Å². The zero-order valence-corrected chi connectivity index (χ0v) is 25.1. The van der Waals surface area contributed by atoms with E-state index in [1.54, 1.807) is 29.2 Å². The summed E-state index contributed by atoms with van der Waals surface area (Å²) in [6, 6.07) is 6.55. The maximum absolute atomic E-state index is 12.6. The molecule has 0 spiro atoms. The number of amides is 3. The highest BCUT2D eigenvalue weighted by Gasteiger charge is 2.30. The van der Waals surface area contributed by atoms with E-state index >= 15 is 0 Å². The van der Waals surface area contributed by atoms with Gasteiger partial charge in [0, 0.05) is 45.4 Å². The molecule has 2 N–H and O–H groups in total. The normalized spacial score (nSPS) is 15.5. The number of carbonyl (C=O) groups excluding carboxylic acids is 5. The lowest BCUT2D eigenvalue weighted by molar-refractivity contribution is -0.126. The number of rotatable bonds is 17. The molecule has 3 amide bonds. The molecular formula is C28H42N4O8S. The number of carbonyl (C=O) groups is 5. The maximum atomic E-state index is 12.6. The molecule has 0 aromatic heterocycles. The number of ketones is 2. The van der Waals surface area contributed by atoms with Gasteiger partial charge in [-0.05, 0) is 37.7 Å². The van der Waals surface area contributed by atoms with Crippen LogP contribution in [0, 0.1) is 0 Å². The minimum absolute atomic E-state index is 0.000295. The van der Waals surface area contributed by atoms with E-state index in [1.807, 2.05) is 6.92 Å². The molecule has 1 aliphatic carbocycles. The summed E-state index contributed by atoms with van der Waals surface area (Å²) >= 11 is 1.36. The summed E-state index contributed by atoms with van der Waals surface area (Å²) in [4.78, 5) is 63.6. The number of likely N-dealkylation sites (N-methyl/N-ethyl adjacent to an activating group) is 2. The van der Waals surface area contributed by atoms with E-state index in [0.29, 0.717) is 36.7 Å². The molecule has 0 bridgehead atoms. The van der Waals surface area contributed by atoms with E-state index in [-0.39, 0.29) is 48.8 Å². The number of nitrogens with one attached hydrogen (secondary N) is 2. The van der Waals surface area contributed by atoms with Crippen LogP contribution in [0.4, 0.5) is 9.59 Å². The SMILES string of the molecule is CCN(CC)CCN(CC)C(=O)Oc1ccc(C(COCC(=O)NCCSC2CC(=O)CC2=O)OC(=O)NC)cc1. The zero-order valence-electron chi connectivity index (χ0n) is 24.3. The third-order valence-electron chi connectivity index (χ3n) is 6.52. The molecule has 2 atom stereocenters. The first-order chi connectivity index (χ1) is 19.7. The second-order valence-corrected chi connectivity index (χ2v) is 10.6. The minimum Gasteiger partial charge on any atom is -0.439 e. The number of hydrogen-bond donors (Lipinski definition) is 2. The van der Waals surface area contributed by atoms with Gasteiger partial charge in [0.25, 0.3) is 0 Å². The van der Waals surface area contributed by atoms with Gasteiger partial charge in [-0.15, -0.1) is 11.8 Å². The van der Waals surface area contributed by atoms with Crippen molar-refractivity contribution in [2.24, 2.45) is 0 Å². The van der Waals surface area contributed by atoms with Crippen LogP contribution in [0.25, 0.3) is 0 Å². The largest absolute Gasteiger partial charge is 0.439 e. The molecule has 1 aliphatic rings. The first kappa shape index (κ1) is 34.0. The second kappa shape index (κ2) is 18.3. The summed E-state index contributed by atoms with van der Waals surface area (Å²) in [5.74, 6) is 0.388. The fourth-order valence-corrected chi connectivity index (χ4v) is 5.11. The van der Waals surface area contributed by atoms with Crippen LogP contribution in [-0.4, -0.2) is 110 Å². The maximum Gasteiger partial charge on any atom is 0.415 e. The van der Waals surface area contributed by atoms with Gasteiger partial charge in [-0.2, -0.15) is 0 Å². The highest BCUT2D eigenvalue weighted by molar-refractivity contribution is 8.00. The van der Waals surface area contributed by atoms with Crippen LogP contribution in [-0.2, 0) is 23.9 Å².